The van der Waals surface area contributed by atoms with Crippen LogP contribution in [0.25, 0.3) is 0 Å². The van der Waals surface area contributed by atoms with E-state index in [2.05, 4.69) is 11.3 Å². The molecule has 0 atom stereocenters. The van der Waals surface area contributed by atoms with Gasteiger partial charge in [0.15, 0.2) is 0 Å². The molecule has 0 aliphatic rings. The van der Waals surface area contributed by atoms with Crippen molar-refractivity contribution in [1.82, 2.24) is 0 Å². The standard InChI is InChI=1S/C9H10F6O3/c1-2-6(16)18-5-3-4-7(17,8(10,11)12)9(13,14)15/h2,17H,1,3-5H2. The second-order valence-electron chi connectivity index (χ2n) is 3.33. The van der Waals surface area contributed by atoms with Crippen molar-refractivity contribution in [3.63, 3.8) is 0 Å². The summed E-state index contributed by atoms with van der Waals surface area (Å²) in [7, 11) is 0. The molecule has 0 saturated heterocycles. The van der Waals surface area contributed by atoms with Crippen molar-refractivity contribution >= 4 is 5.97 Å². The number of aliphatic hydroxyl groups is 1. The van der Waals surface area contributed by atoms with Crippen LogP contribution in [0.3, 0.4) is 0 Å². The monoisotopic (exact) mass is 280 g/mol. The van der Waals surface area contributed by atoms with Crippen LogP contribution in [0.15, 0.2) is 12.7 Å². The largest absolute Gasteiger partial charge is 0.463 e. The van der Waals surface area contributed by atoms with E-state index in [9.17, 15) is 31.1 Å². The molecule has 9 heteroatoms. The van der Waals surface area contributed by atoms with E-state index >= 15 is 0 Å². The normalized spacial score (nSPS) is 13.3. The molecule has 18 heavy (non-hydrogen) atoms. The van der Waals surface area contributed by atoms with Gasteiger partial charge < -0.3 is 9.84 Å². The first-order chi connectivity index (χ1) is 7.95. The smallest absolute Gasteiger partial charge is 0.426 e. The highest BCUT2D eigenvalue weighted by Crippen LogP contribution is 2.45. The van der Waals surface area contributed by atoms with Crippen LogP contribution in [0.1, 0.15) is 12.8 Å². The summed E-state index contributed by atoms with van der Waals surface area (Å²) in [6.07, 6.45) is -13.4. The Balaban J connectivity index is 4.57. The SMILES string of the molecule is C=CC(=O)OCCCC(O)(C(F)(F)F)C(F)(F)F. The fraction of sp³-hybridized carbons (Fsp3) is 0.667. The molecule has 3 nitrogen and oxygen atoms in total. The minimum atomic E-state index is -5.85. The van der Waals surface area contributed by atoms with Gasteiger partial charge in [0, 0.05) is 6.08 Å². The van der Waals surface area contributed by atoms with Crippen LogP contribution in [0, 0.1) is 0 Å². The van der Waals surface area contributed by atoms with Gasteiger partial charge in [0.1, 0.15) is 0 Å². The van der Waals surface area contributed by atoms with Crippen LogP contribution in [-0.2, 0) is 9.53 Å². The number of rotatable bonds is 5. The highest BCUT2D eigenvalue weighted by molar-refractivity contribution is 5.81. The maximum atomic E-state index is 12.2. The summed E-state index contributed by atoms with van der Waals surface area (Å²) in [4.78, 5) is 10.5. The fourth-order valence-corrected chi connectivity index (χ4v) is 1.00. The predicted molar refractivity (Wildman–Crippen MR) is 47.4 cm³/mol. The van der Waals surface area contributed by atoms with Gasteiger partial charge in [-0.15, -0.1) is 0 Å². The lowest BCUT2D eigenvalue weighted by molar-refractivity contribution is -0.370. The van der Waals surface area contributed by atoms with Gasteiger partial charge in [-0.2, -0.15) is 26.3 Å². The van der Waals surface area contributed by atoms with Gasteiger partial charge in [-0.05, 0) is 12.8 Å². The Labute approximate surface area is 98.0 Å². The topological polar surface area (TPSA) is 46.5 Å². The van der Waals surface area contributed by atoms with Gasteiger partial charge in [0.2, 0.25) is 0 Å². The zero-order valence-electron chi connectivity index (χ0n) is 8.94. The molecule has 106 valence electrons. The molecule has 0 heterocycles. The molecule has 0 rings (SSSR count). The summed E-state index contributed by atoms with van der Waals surface area (Å²) in [5, 5.41) is 8.70. The number of hydrogen-bond donors (Lipinski definition) is 1. The first-order valence-electron chi connectivity index (χ1n) is 4.60. The number of halogens is 6. The number of hydrogen-bond acceptors (Lipinski definition) is 3. The van der Waals surface area contributed by atoms with E-state index in [1.807, 2.05) is 0 Å². The van der Waals surface area contributed by atoms with Crippen molar-refractivity contribution in [2.45, 2.75) is 30.8 Å². The second-order valence-corrected chi connectivity index (χ2v) is 3.33. The van der Waals surface area contributed by atoms with Crippen LogP contribution in [0.4, 0.5) is 26.3 Å². The average Bonchev–Trinajstić information content (AvgIpc) is 2.20. The first kappa shape index (κ1) is 16.8. The van der Waals surface area contributed by atoms with Gasteiger partial charge >= 0.3 is 18.3 Å². The molecule has 0 radical (unpaired) electrons. The number of carbonyl (C=O) groups is 1. The molecule has 0 fully saturated rings. The van der Waals surface area contributed by atoms with Gasteiger partial charge in [-0.3, -0.25) is 0 Å². The van der Waals surface area contributed by atoms with E-state index in [1.54, 1.807) is 0 Å². The van der Waals surface area contributed by atoms with E-state index in [0.717, 1.165) is 0 Å². The Hall–Kier alpha value is -1.25. The predicted octanol–water partition coefficient (Wildman–Crippen LogP) is 2.35. The molecule has 0 aliphatic carbocycles. The maximum absolute atomic E-state index is 12.2. The number of alkyl halides is 6. The number of carbonyl (C=O) groups excluding carboxylic acids is 1. The molecule has 0 aromatic heterocycles. The van der Waals surface area contributed by atoms with Crippen molar-refractivity contribution in [1.29, 1.82) is 0 Å². The lowest BCUT2D eigenvalue weighted by Gasteiger charge is -2.32. The summed E-state index contributed by atoms with van der Waals surface area (Å²) in [5.41, 5.74) is -4.80. The third-order valence-electron chi connectivity index (χ3n) is 2.03. The Morgan fingerprint density at radius 1 is 1.17 bits per heavy atom. The summed E-state index contributed by atoms with van der Waals surface area (Å²) in [5.74, 6) is -0.974. The Kier molecular flexibility index (Phi) is 5.21. The maximum Gasteiger partial charge on any atom is 0.426 e. The van der Waals surface area contributed by atoms with Gasteiger partial charge in [0.05, 0.1) is 6.61 Å². The summed E-state index contributed by atoms with van der Waals surface area (Å²) in [6.45, 7) is 2.30. The van der Waals surface area contributed by atoms with Crippen LogP contribution < -0.4 is 0 Å². The van der Waals surface area contributed by atoms with Gasteiger partial charge in [-0.1, -0.05) is 6.58 Å². The van der Waals surface area contributed by atoms with Crippen molar-refractivity contribution in [3.8, 4) is 0 Å². The van der Waals surface area contributed by atoms with Crippen molar-refractivity contribution in [3.05, 3.63) is 12.7 Å². The molecular formula is C9H10F6O3. The van der Waals surface area contributed by atoms with Crippen LogP contribution >= 0.6 is 0 Å². The molecule has 0 unspecified atom stereocenters. The minimum Gasteiger partial charge on any atom is -0.463 e. The quantitative estimate of drug-likeness (QED) is 0.364. The van der Waals surface area contributed by atoms with E-state index in [0.29, 0.717) is 6.08 Å². The lowest BCUT2D eigenvalue weighted by Crippen LogP contribution is -2.56. The molecule has 0 aliphatic heterocycles. The third kappa shape index (κ3) is 3.90. The Morgan fingerprint density at radius 2 is 1.61 bits per heavy atom. The first-order valence-corrected chi connectivity index (χ1v) is 4.60. The Bertz CT molecular complexity index is 292. The molecule has 0 saturated carbocycles. The van der Waals surface area contributed by atoms with Crippen LogP contribution in [0.2, 0.25) is 0 Å². The fourth-order valence-electron chi connectivity index (χ4n) is 1.00. The van der Waals surface area contributed by atoms with E-state index in [1.165, 1.54) is 0 Å². The number of ether oxygens (including phenoxy) is 1. The van der Waals surface area contributed by atoms with Crippen molar-refractivity contribution < 1.29 is 41.0 Å². The van der Waals surface area contributed by atoms with Crippen LogP contribution in [-0.4, -0.2) is 35.6 Å². The zero-order chi connectivity index (χ0) is 14.6. The third-order valence-corrected chi connectivity index (χ3v) is 2.03. The molecule has 0 spiro atoms. The van der Waals surface area contributed by atoms with Gasteiger partial charge in [-0.25, -0.2) is 4.79 Å². The summed E-state index contributed by atoms with van der Waals surface area (Å²) in [6, 6.07) is 0. The number of esters is 1. The second kappa shape index (κ2) is 5.59. The molecule has 1 N–H and O–H groups in total. The summed E-state index contributed by atoms with van der Waals surface area (Å²) >= 11 is 0. The zero-order valence-corrected chi connectivity index (χ0v) is 8.94. The van der Waals surface area contributed by atoms with Gasteiger partial charge in [0.25, 0.3) is 5.60 Å². The Morgan fingerprint density at radius 3 is 1.94 bits per heavy atom. The average molecular weight is 280 g/mol. The molecule has 0 amide bonds. The summed E-state index contributed by atoms with van der Waals surface area (Å²) < 4.78 is 77.2. The van der Waals surface area contributed by atoms with Crippen LogP contribution in [0.5, 0.6) is 0 Å². The highest BCUT2D eigenvalue weighted by Gasteiger charge is 2.69. The van der Waals surface area contributed by atoms with E-state index < -0.39 is 43.4 Å². The lowest BCUT2D eigenvalue weighted by atomic mass is 9.96. The molecule has 0 bridgehead atoms. The highest BCUT2D eigenvalue weighted by atomic mass is 19.4. The molecule has 0 aromatic rings. The minimum absolute atomic E-state index is 0.681. The van der Waals surface area contributed by atoms with E-state index in [4.69, 9.17) is 5.11 Å². The van der Waals surface area contributed by atoms with Crippen molar-refractivity contribution in [2.24, 2.45) is 0 Å². The van der Waals surface area contributed by atoms with Crippen molar-refractivity contribution in [2.75, 3.05) is 6.61 Å². The molecular weight excluding hydrogens is 270 g/mol. The molecule has 0 aromatic carbocycles. The van der Waals surface area contributed by atoms with E-state index in [-0.39, 0.29) is 0 Å².